The van der Waals surface area contributed by atoms with Crippen LogP contribution >= 0.6 is 39.1 Å². The number of halogens is 3. The summed E-state index contributed by atoms with van der Waals surface area (Å²) in [6, 6.07) is 9.85. The van der Waals surface area contributed by atoms with Gasteiger partial charge in [0, 0.05) is 20.1 Å². The van der Waals surface area contributed by atoms with E-state index in [0.717, 1.165) is 36.8 Å². The van der Waals surface area contributed by atoms with Crippen LogP contribution in [0.1, 0.15) is 11.1 Å². The van der Waals surface area contributed by atoms with Crippen LogP contribution in [0.15, 0.2) is 34.8 Å². The first-order chi connectivity index (χ1) is 8.00. The van der Waals surface area contributed by atoms with Crippen LogP contribution in [0.5, 0.6) is 0 Å². The molecule has 0 bridgehead atoms. The van der Waals surface area contributed by atoms with E-state index in [2.05, 4.69) is 15.9 Å². The van der Waals surface area contributed by atoms with Crippen LogP contribution in [-0.4, -0.2) is 0 Å². The molecule has 17 heavy (non-hydrogen) atoms. The first kappa shape index (κ1) is 12.9. The standard InChI is InChI=1S/C14H11BrCl2/c1-8-4-3-5-12(16)14(8)10-7-13(17)9(2)6-11(10)15/h3-7H,1-2H3. The van der Waals surface area contributed by atoms with Gasteiger partial charge in [-0.05, 0) is 48.7 Å². The highest BCUT2D eigenvalue weighted by Crippen LogP contribution is 2.38. The van der Waals surface area contributed by atoms with Gasteiger partial charge < -0.3 is 0 Å². The molecule has 0 heterocycles. The van der Waals surface area contributed by atoms with E-state index in [0.29, 0.717) is 0 Å². The maximum absolute atomic E-state index is 6.26. The Morgan fingerprint density at radius 3 is 2.29 bits per heavy atom. The van der Waals surface area contributed by atoms with E-state index >= 15 is 0 Å². The van der Waals surface area contributed by atoms with Crippen molar-refractivity contribution in [3.05, 3.63) is 56.0 Å². The Balaban J connectivity index is 2.73. The topological polar surface area (TPSA) is 0 Å². The monoisotopic (exact) mass is 328 g/mol. The first-order valence-electron chi connectivity index (χ1n) is 5.22. The second kappa shape index (κ2) is 5.01. The first-order valence-corrected chi connectivity index (χ1v) is 6.76. The van der Waals surface area contributed by atoms with Crippen molar-refractivity contribution in [3.63, 3.8) is 0 Å². The van der Waals surface area contributed by atoms with E-state index in [1.165, 1.54) is 0 Å². The molecule has 0 spiro atoms. The molecule has 88 valence electrons. The third-order valence-electron chi connectivity index (χ3n) is 2.74. The molecule has 0 radical (unpaired) electrons. The Hall–Kier alpha value is -0.500. The third-order valence-corrected chi connectivity index (χ3v) is 4.12. The molecular formula is C14H11BrCl2. The van der Waals surface area contributed by atoms with Crippen molar-refractivity contribution in [2.75, 3.05) is 0 Å². The summed E-state index contributed by atoms with van der Waals surface area (Å²) >= 11 is 16.0. The number of benzene rings is 2. The molecule has 2 aromatic carbocycles. The lowest BCUT2D eigenvalue weighted by Gasteiger charge is -2.12. The highest BCUT2D eigenvalue weighted by atomic mass is 79.9. The molecule has 0 saturated heterocycles. The Bertz CT molecular complexity index is 556. The molecule has 0 aromatic heterocycles. The summed E-state index contributed by atoms with van der Waals surface area (Å²) in [7, 11) is 0. The van der Waals surface area contributed by atoms with E-state index in [1.54, 1.807) is 0 Å². The Kier molecular flexibility index (Phi) is 3.82. The molecule has 0 fully saturated rings. The van der Waals surface area contributed by atoms with Crippen LogP contribution in [0.2, 0.25) is 10.0 Å². The maximum atomic E-state index is 6.26. The number of aryl methyl sites for hydroxylation is 2. The molecular weight excluding hydrogens is 319 g/mol. The summed E-state index contributed by atoms with van der Waals surface area (Å²) in [5.41, 5.74) is 4.25. The largest absolute Gasteiger partial charge is 0.0840 e. The quantitative estimate of drug-likeness (QED) is 0.598. The molecule has 0 saturated carbocycles. The summed E-state index contributed by atoms with van der Waals surface area (Å²) in [5.74, 6) is 0. The lowest BCUT2D eigenvalue weighted by molar-refractivity contribution is 1.41. The molecule has 0 unspecified atom stereocenters. The van der Waals surface area contributed by atoms with Gasteiger partial charge in [0.15, 0.2) is 0 Å². The van der Waals surface area contributed by atoms with Gasteiger partial charge in [-0.15, -0.1) is 0 Å². The summed E-state index contributed by atoms with van der Waals surface area (Å²) in [6.07, 6.45) is 0. The number of rotatable bonds is 1. The molecule has 0 nitrogen and oxygen atoms in total. The maximum Gasteiger partial charge on any atom is 0.0487 e. The van der Waals surface area contributed by atoms with E-state index in [9.17, 15) is 0 Å². The zero-order valence-corrected chi connectivity index (χ0v) is 12.6. The van der Waals surface area contributed by atoms with Crippen molar-refractivity contribution in [2.45, 2.75) is 13.8 Å². The molecule has 0 aliphatic rings. The predicted octanol–water partition coefficient (Wildman–Crippen LogP) is 6.04. The minimum absolute atomic E-state index is 0.741. The highest BCUT2D eigenvalue weighted by Gasteiger charge is 2.11. The third kappa shape index (κ3) is 2.52. The van der Waals surface area contributed by atoms with Gasteiger partial charge in [-0.2, -0.15) is 0 Å². The molecule has 3 heteroatoms. The van der Waals surface area contributed by atoms with Crippen molar-refractivity contribution >= 4 is 39.1 Å². The fraction of sp³-hybridized carbons (Fsp3) is 0.143. The molecule has 2 rings (SSSR count). The van der Waals surface area contributed by atoms with Crippen molar-refractivity contribution in [3.8, 4) is 11.1 Å². The Morgan fingerprint density at radius 1 is 0.941 bits per heavy atom. The Labute approximate surface area is 120 Å². The normalized spacial score (nSPS) is 10.6. The van der Waals surface area contributed by atoms with Crippen LogP contribution in [0.25, 0.3) is 11.1 Å². The van der Waals surface area contributed by atoms with Crippen molar-refractivity contribution < 1.29 is 0 Å². The van der Waals surface area contributed by atoms with Crippen LogP contribution in [0, 0.1) is 13.8 Å². The Morgan fingerprint density at radius 2 is 1.65 bits per heavy atom. The van der Waals surface area contributed by atoms with Gasteiger partial charge >= 0.3 is 0 Å². The van der Waals surface area contributed by atoms with Crippen molar-refractivity contribution in [2.24, 2.45) is 0 Å². The molecule has 0 amide bonds. The van der Waals surface area contributed by atoms with Gasteiger partial charge in [0.1, 0.15) is 0 Å². The average Bonchev–Trinajstić information content (AvgIpc) is 2.25. The minimum atomic E-state index is 0.741. The van der Waals surface area contributed by atoms with Gasteiger partial charge in [0.25, 0.3) is 0 Å². The SMILES string of the molecule is Cc1cc(Br)c(-c2c(C)cccc2Cl)cc1Cl. The van der Waals surface area contributed by atoms with Crippen LogP contribution in [0.4, 0.5) is 0 Å². The number of hydrogen-bond acceptors (Lipinski definition) is 0. The summed E-state index contributed by atoms with van der Waals surface area (Å²) in [6.45, 7) is 4.03. The van der Waals surface area contributed by atoms with Gasteiger partial charge in [0.2, 0.25) is 0 Å². The predicted molar refractivity (Wildman–Crippen MR) is 79.1 cm³/mol. The van der Waals surface area contributed by atoms with Crippen molar-refractivity contribution in [1.29, 1.82) is 0 Å². The van der Waals surface area contributed by atoms with Gasteiger partial charge in [-0.25, -0.2) is 0 Å². The average molecular weight is 330 g/mol. The fourth-order valence-electron chi connectivity index (χ4n) is 1.81. The van der Waals surface area contributed by atoms with Gasteiger partial charge in [-0.3, -0.25) is 0 Å². The van der Waals surface area contributed by atoms with Gasteiger partial charge in [0.05, 0.1) is 0 Å². The van der Waals surface area contributed by atoms with Gasteiger partial charge in [-0.1, -0.05) is 51.3 Å². The second-order valence-electron chi connectivity index (χ2n) is 4.01. The minimum Gasteiger partial charge on any atom is -0.0840 e. The molecule has 0 aliphatic carbocycles. The zero-order chi connectivity index (χ0) is 12.6. The molecule has 0 atom stereocenters. The summed E-state index contributed by atoms with van der Waals surface area (Å²) < 4.78 is 1.01. The van der Waals surface area contributed by atoms with E-state index in [4.69, 9.17) is 23.2 Å². The van der Waals surface area contributed by atoms with E-state index in [-0.39, 0.29) is 0 Å². The van der Waals surface area contributed by atoms with Crippen LogP contribution in [0.3, 0.4) is 0 Å². The second-order valence-corrected chi connectivity index (χ2v) is 5.68. The molecule has 0 N–H and O–H groups in total. The smallest absolute Gasteiger partial charge is 0.0487 e. The van der Waals surface area contributed by atoms with Crippen LogP contribution < -0.4 is 0 Å². The summed E-state index contributed by atoms with van der Waals surface area (Å²) in [5, 5.41) is 1.49. The molecule has 2 aromatic rings. The van der Waals surface area contributed by atoms with E-state index in [1.807, 2.05) is 44.2 Å². The van der Waals surface area contributed by atoms with E-state index < -0.39 is 0 Å². The zero-order valence-electron chi connectivity index (χ0n) is 9.52. The lowest BCUT2D eigenvalue weighted by Crippen LogP contribution is -1.88. The molecule has 0 aliphatic heterocycles. The number of hydrogen-bond donors (Lipinski definition) is 0. The summed E-state index contributed by atoms with van der Waals surface area (Å²) in [4.78, 5) is 0. The fourth-order valence-corrected chi connectivity index (χ4v) is 2.95. The lowest BCUT2D eigenvalue weighted by atomic mass is 9.99. The highest BCUT2D eigenvalue weighted by molar-refractivity contribution is 9.10. The van der Waals surface area contributed by atoms with Crippen molar-refractivity contribution in [1.82, 2.24) is 0 Å². The van der Waals surface area contributed by atoms with Crippen LogP contribution in [-0.2, 0) is 0 Å².